The summed E-state index contributed by atoms with van der Waals surface area (Å²) in [7, 11) is 3.15. The lowest BCUT2D eigenvalue weighted by atomic mass is 10.1. The fourth-order valence-corrected chi connectivity index (χ4v) is 1.57. The van der Waals surface area contributed by atoms with E-state index in [0.717, 1.165) is 0 Å². The van der Waals surface area contributed by atoms with E-state index in [1.165, 1.54) is 0 Å². The Bertz CT molecular complexity index is 394. The van der Waals surface area contributed by atoms with Gasteiger partial charge in [-0.2, -0.15) is 0 Å². The summed E-state index contributed by atoms with van der Waals surface area (Å²) in [5.41, 5.74) is 0. The minimum absolute atomic E-state index is 0.344. The van der Waals surface area contributed by atoms with Crippen LogP contribution in [0, 0.1) is 5.92 Å². The molecule has 1 aromatic rings. The number of methoxy groups -OCH3 is 2. The number of carboxylic acid groups (broad SMARTS) is 1. The minimum atomic E-state index is -0.775. The van der Waals surface area contributed by atoms with Crippen molar-refractivity contribution in [1.29, 1.82) is 0 Å². The van der Waals surface area contributed by atoms with Crippen molar-refractivity contribution in [3.8, 4) is 17.2 Å². The van der Waals surface area contributed by atoms with Gasteiger partial charge in [-0.25, -0.2) is 0 Å². The number of rotatable bonds is 8. The van der Waals surface area contributed by atoms with E-state index < -0.39 is 5.97 Å². The highest BCUT2D eigenvalue weighted by atomic mass is 16.5. The molecule has 5 nitrogen and oxygen atoms in total. The normalized spacial score (nSPS) is 11.7. The number of ether oxygens (including phenoxy) is 3. The zero-order valence-electron chi connectivity index (χ0n) is 11.5. The Kier molecular flexibility index (Phi) is 5.99. The zero-order chi connectivity index (χ0) is 14.3. The molecule has 1 atom stereocenters. The molecule has 0 amide bonds. The van der Waals surface area contributed by atoms with Crippen LogP contribution in [0.4, 0.5) is 0 Å². The zero-order valence-corrected chi connectivity index (χ0v) is 11.5. The smallest absolute Gasteiger partial charge is 0.306 e. The number of carboxylic acids is 1. The highest BCUT2D eigenvalue weighted by Gasteiger charge is 2.10. The van der Waals surface area contributed by atoms with Crippen LogP contribution in [0.5, 0.6) is 17.2 Å². The largest absolute Gasteiger partial charge is 0.496 e. The summed E-state index contributed by atoms with van der Waals surface area (Å²) in [6, 6.07) is 5.30. The molecule has 0 spiro atoms. The first kappa shape index (κ1) is 15.1. The highest BCUT2D eigenvalue weighted by Crippen LogP contribution is 2.27. The standard InChI is InChI=1S/C14H20O5/c1-10(14(15)16)5-4-6-19-13-8-11(17-2)7-12(9-13)18-3/h7-10H,4-6H2,1-3H3,(H,15,16). The third-order valence-electron chi connectivity index (χ3n) is 2.80. The van der Waals surface area contributed by atoms with Gasteiger partial charge in [0.2, 0.25) is 0 Å². The molecule has 0 heterocycles. The fraction of sp³-hybridized carbons (Fsp3) is 0.500. The van der Waals surface area contributed by atoms with E-state index in [4.69, 9.17) is 19.3 Å². The molecule has 0 saturated carbocycles. The van der Waals surface area contributed by atoms with Gasteiger partial charge in [0.05, 0.1) is 26.7 Å². The van der Waals surface area contributed by atoms with Crippen molar-refractivity contribution in [2.24, 2.45) is 5.92 Å². The van der Waals surface area contributed by atoms with Crippen molar-refractivity contribution in [2.45, 2.75) is 19.8 Å². The molecular weight excluding hydrogens is 248 g/mol. The van der Waals surface area contributed by atoms with Gasteiger partial charge in [-0.1, -0.05) is 6.92 Å². The van der Waals surface area contributed by atoms with Crippen molar-refractivity contribution >= 4 is 5.97 Å². The first-order valence-electron chi connectivity index (χ1n) is 6.15. The Hall–Kier alpha value is -1.91. The van der Waals surface area contributed by atoms with Crippen molar-refractivity contribution in [2.75, 3.05) is 20.8 Å². The van der Waals surface area contributed by atoms with E-state index in [1.807, 2.05) is 0 Å². The Balaban J connectivity index is 2.46. The fourth-order valence-electron chi connectivity index (χ4n) is 1.57. The molecule has 1 rings (SSSR count). The van der Waals surface area contributed by atoms with Gasteiger partial charge in [-0.3, -0.25) is 4.79 Å². The van der Waals surface area contributed by atoms with Gasteiger partial charge >= 0.3 is 5.97 Å². The summed E-state index contributed by atoms with van der Waals surface area (Å²) >= 11 is 0. The van der Waals surface area contributed by atoms with Gasteiger partial charge in [-0.05, 0) is 12.8 Å². The maximum Gasteiger partial charge on any atom is 0.306 e. The average molecular weight is 268 g/mol. The van der Waals surface area contributed by atoms with Crippen LogP contribution in [0.3, 0.4) is 0 Å². The summed E-state index contributed by atoms with van der Waals surface area (Å²) in [5.74, 6) is 0.854. The van der Waals surface area contributed by atoms with Crippen LogP contribution in [-0.2, 0) is 4.79 Å². The predicted octanol–water partition coefficient (Wildman–Crippen LogP) is 2.58. The second-order valence-electron chi connectivity index (χ2n) is 4.28. The van der Waals surface area contributed by atoms with E-state index in [0.29, 0.717) is 36.7 Å². The van der Waals surface area contributed by atoms with Crippen molar-refractivity contribution in [3.05, 3.63) is 18.2 Å². The first-order valence-corrected chi connectivity index (χ1v) is 6.15. The molecule has 5 heteroatoms. The molecule has 0 radical (unpaired) electrons. The van der Waals surface area contributed by atoms with E-state index in [2.05, 4.69) is 0 Å². The summed E-state index contributed by atoms with van der Waals surface area (Å²) in [5, 5.41) is 8.76. The molecule has 1 aromatic carbocycles. The maximum absolute atomic E-state index is 10.7. The molecule has 0 fully saturated rings. The van der Waals surface area contributed by atoms with Crippen LogP contribution in [0.1, 0.15) is 19.8 Å². The lowest BCUT2D eigenvalue weighted by molar-refractivity contribution is -0.141. The molecule has 1 N–H and O–H groups in total. The van der Waals surface area contributed by atoms with Crippen LogP contribution in [0.25, 0.3) is 0 Å². The van der Waals surface area contributed by atoms with E-state index in [1.54, 1.807) is 39.3 Å². The van der Waals surface area contributed by atoms with E-state index in [9.17, 15) is 4.79 Å². The summed E-state index contributed by atoms with van der Waals surface area (Å²) < 4.78 is 15.8. The van der Waals surface area contributed by atoms with Crippen molar-refractivity contribution in [1.82, 2.24) is 0 Å². The van der Waals surface area contributed by atoms with Crippen LogP contribution >= 0.6 is 0 Å². The van der Waals surface area contributed by atoms with Crippen LogP contribution in [-0.4, -0.2) is 31.9 Å². The monoisotopic (exact) mass is 268 g/mol. The molecule has 0 bridgehead atoms. The summed E-state index contributed by atoms with van der Waals surface area (Å²) in [6.45, 7) is 2.16. The first-order chi connectivity index (χ1) is 9.06. The average Bonchev–Trinajstić information content (AvgIpc) is 2.42. The maximum atomic E-state index is 10.7. The lowest BCUT2D eigenvalue weighted by Crippen LogP contribution is -2.10. The highest BCUT2D eigenvalue weighted by molar-refractivity contribution is 5.69. The van der Waals surface area contributed by atoms with E-state index >= 15 is 0 Å². The topological polar surface area (TPSA) is 65.0 Å². The van der Waals surface area contributed by atoms with Gasteiger partial charge in [0.25, 0.3) is 0 Å². The molecule has 106 valence electrons. The second kappa shape index (κ2) is 7.51. The number of carbonyl (C=O) groups is 1. The van der Waals surface area contributed by atoms with Crippen molar-refractivity contribution in [3.63, 3.8) is 0 Å². The Morgan fingerprint density at radius 1 is 1.16 bits per heavy atom. The SMILES string of the molecule is COc1cc(OC)cc(OCCCC(C)C(=O)O)c1. The van der Waals surface area contributed by atoms with Crippen LogP contribution in [0.2, 0.25) is 0 Å². The van der Waals surface area contributed by atoms with Crippen LogP contribution < -0.4 is 14.2 Å². The number of hydrogen-bond donors (Lipinski definition) is 1. The molecule has 0 saturated heterocycles. The molecule has 1 unspecified atom stereocenters. The Labute approximate surface area is 113 Å². The van der Waals surface area contributed by atoms with Gasteiger partial charge in [-0.15, -0.1) is 0 Å². The molecule has 0 aliphatic heterocycles. The molecule has 0 aliphatic carbocycles. The molecule has 19 heavy (non-hydrogen) atoms. The van der Waals surface area contributed by atoms with Gasteiger partial charge in [0, 0.05) is 18.2 Å². The third kappa shape index (κ3) is 5.07. The van der Waals surface area contributed by atoms with Gasteiger partial charge in [0.15, 0.2) is 0 Å². The van der Waals surface area contributed by atoms with E-state index in [-0.39, 0.29) is 5.92 Å². The lowest BCUT2D eigenvalue weighted by Gasteiger charge is -2.11. The Morgan fingerprint density at radius 3 is 2.16 bits per heavy atom. The Morgan fingerprint density at radius 2 is 1.68 bits per heavy atom. The third-order valence-corrected chi connectivity index (χ3v) is 2.80. The summed E-state index contributed by atoms with van der Waals surface area (Å²) in [6.07, 6.45) is 1.28. The number of benzene rings is 1. The predicted molar refractivity (Wildman–Crippen MR) is 71.1 cm³/mol. The summed E-state index contributed by atoms with van der Waals surface area (Å²) in [4.78, 5) is 10.7. The van der Waals surface area contributed by atoms with Gasteiger partial charge in [0.1, 0.15) is 17.2 Å². The van der Waals surface area contributed by atoms with Crippen molar-refractivity contribution < 1.29 is 24.1 Å². The molecular formula is C14H20O5. The molecule has 0 aliphatic rings. The minimum Gasteiger partial charge on any atom is -0.496 e. The second-order valence-corrected chi connectivity index (χ2v) is 4.28. The van der Waals surface area contributed by atoms with Crippen LogP contribution in [0.15, 0.2) is 18.2 Å². The number of hydrogen-bond acceptors (Lipinski definition) is 4. The van der Waals surface area contributed by atoms with Gasteiger partial charge < -0.3 is 19.3 Å². The molecule has 0 aromatic heterocycles. The number of aliphatic carboxylic acids is 1. The quantitative estimate of drug-likeness (QED) is 0.734.